The summed E-state index contributed by atoms with van der Waals surface area (Å²) in [6.07, 6.45) is 0. The van der Waals surface area contributed by atoms with Gasteiger partial charge < -0.3 is 9.84 Å². The molecule has 1 unspecified atom stereocenters. The lowest BCUT2D eigenvalue weighted by Gasteiger charge is -2.14. The van der Waals surface area contributed by atoms with Gasteiger partial charge in [0.25, 0.3) is 0 Å². The summed E-state index contributed by atoms with van der Waals surface area (Å²) in [5.41, 5.74) is 0. The molecule has 0 aliphatic carbocycles. The van der Waals surface area contributed by atoms with Gasteiger partial charge in [-0.05, 0) is 18.2 Å². The van der Waals surface area contributed by atoms with Crippen molar-refractivity contribution in [1.82, 2.24) is 4.72 Å². The summed E-state index contributed by atoms with van der Waals surface area (Å²) in [6.45, 7) is -0.736. The van der Waals surface area contributed by atoms with E-state index in [0.717, 1.165) is 7.11 Å². The SMILES string of the molecule is COC(=O)C(CO)NS(=O)(=O)c1cc(Cl)cc(Cl)c1. The zero-order chi connectivity index (χ0) is 14.6. The number of aliphatic hydroxyl groups excluding tert-OH is 1. The largest absolute Gasteiger partial charge is 0.468 e. The third kappa shape index (κ3) is 4.32. The standard InChI is InChI=1S/C10H11Cl2NO5S/c1-18-10(15)9(5-14)13-19(16,17)8-3-6(11)2-7(12)4-8/h2-4,9,13-14H,5H2,1H3. The van der Waals surface area contributed by atoms with Gasteiger partial charge in [-0.15, -0.1) is 0 Å². The molecule has 0 aromatic heterocycles. The van der Waals surface area contributed by atoms with Crippen molar-refractivity contribution in [2.24, 2.45) is 0 Å². The highest BCUT2D eigenvalue weighted by Crippen LogP contribution is 2.22. The van der Waals surface area contributed by atoms with E-state index in [2.05, 4.69) is 4.74 Å². The number of methoxy groups -OCH3 is 1. The number of carbonyl (C=O) groups excluding carboxylic acids is 1. The van der Waals surface area contributed by atoms with Gasteiger partial charge in [0.05, 0.1) is 18.6 Å². The van der Waals surface area contributed by atoms with E-state index in [4.69, 9.17) is 28.3 Å². The molecule has 1 aromatic carbocycles. The zero-order valence-corrected chi connectivity index (χ0v) is 12.1. The number of halogens is 2. The summed E-state index contributed by atoms with van der Waals surface area (Å²) in [7, 11) is -2.97. The van der Waals surface area contributed by atoms with Crippen LogP contribution < -0.4 is 4.72 Å². The van der Waals surface area contributed by atoms with E-state index in [-0.39, 0.29) is 14.9 Å². The fraction of sp³-hybridized carbons (Fsp3) is 0.300. The minimum absolute atomic E-state index is 0.131. The number of carbonyl (C=O) groups is 1. The minimum atomic E-state index is -4.05. The van der Waals surface area contributed by atoms with Crippen molar-refractivity contribution in [3.8, 4) is 0 Å². The van der Waals surface area contributed by atoms with Crippen molar-refractivity contribution in [1.29, 1.82) is 0 Å². The van der Waals surface area contributed by atoms with E-state index >= 15 is 0 Å². The smallest absolute Gasteiger partial charge is 0.326 e. The first kappa shape index (κ1) is 16.2. The second-order valence-corrected chi connectivity index (χ2v) is 6.07. The van der Waals surface area contributed by atoms with Crippen LogP contribution in [-0.2, 0) is 19.6 Å². The molecule has 106 valence electrons. The highest BCUT2D eigenvalue weighted by atomic mass is 35.5. The Hall–Kier alpha value is -0.860. The van der Waals surface area contributed by atoms with Gasteiger partial charge in [-0.3, -0.25) is 4.79 Å². The predicted octanol–water partition coefficient (Wildman–Crippen LogP) is 0.806. The van der Waals surface area contributed by atoms with Gasteiger partial charge in [0.2, 0.25) is 10.0 Å². The summed E-state index contributed by atoms with van der Waals surface area (Å²) < 4.78 is 30.3. The van der Waals surface area contributed by atoms with Gasteiger partial charge in [-0.25, -0.2) is 8.42 Å². The van der Waals surface area contributed by atoms with Crippen molar-refractivity contribution in [3.05, 3.63) is 28.2 Å². The minimum Gasteiger partial charge on any atom is -0.468 e. The maximum atomic E-state index is 12.0. The number of nitrogens with one attached hydrogen (secondary N) is 1. The molecule has 1 aromatic rings. The van der Waals surface area contributed by atoms with Crippen LogP contribution in [0, 0.1) is 0 Å². The first-order valence-corrected chi connectivity index (χ1v) is 7.21. The molecule has 1 atom stereocenters. The fourth-order valence-electron chi connectivity index (χ4n) is 1.24. The maximum absolute atomic E-state index is 12.0. The maximum Gasteiger partial charge on any atom is 0.326 e. The Morgan fingerprint density at radius 2 is 1.89 bits per heavy atom. The number of esters is 1. The van der Waals surface area contributed by atoms with Crippen LogP contribution in [0.1, 0.15) is 0 Å². The number of benzene rings is 1. The quantitative estimate of drug-likeness (QED) is 0.780. The van der Waals surface area contributed by atoms with E-state index in [1.165, 1.54) is 18.2 Å². The monoisotopic (exact) mass is 327 g/mol. The van der Waals surface area contributed by atoms with E-state index in [1.54, 1.807) is 0 Å². The molecule has 0 fully saturated rings. The molecule has 9 heteroatoms. The molecule has 0 aliphatic rings. The van der Waals surface area contributed by atoms with Crippen LogP contribution in [0.5, 0.6) is 0 Å². The van der Waals surface area contributed by atoms with Gasteiger partial charge in [-0.2, -0.15) is 4.72 Å². The normalized spacial score (nSPS) is 13.1. The van der Waals surface area contributed by atoms with Gasteiger partial charge in [0, 0.05) is 10.0 Å². The summed E-state index contributed by atoms with van der Waals surface area (Å²) in [4.78, 5) is 11.0. The van der Waals surface area contributed by atoms with Crippen molar-refractivity contribution in [3.63, 3.8) is 0 Å². The van der Waals surface area contributed by atoms with Crippen LogP contribution in [-0.4, -0.2) is 39.3 Å². The van der Waals surface area contributed by atoms with Crippen LogP contribution in [0.2, 0.25) is 10.0 Å². The van der Waals surface area contributed by atoms with Crippen LogP contribution in [0.25, 0.3) is 0 Å². The number of rotatable bonds is 5. The molecule has 19 heavy (non-hydrogen) atoms. The molecule has 0 saturated heterocycles. The third-order valence-electron chi connectivity index (χ3n) is 2.11. The molecule has 2 N–H and O–H groups in total. The molecule has 0 radical (unpaired) electrons. The van der Waals surface area contributed by atoms with E-state index in [9.17, 15) is 13.2 Å². The van der Waals surface area contributed by atoms with Crippen molar-refractivity contribution in [2.45, 2.75) is 10.9 Å². The summed E-state index contributed by atoms with van der Waals surface area (Å²) in [5, 5.41) is 9.23. The third-order valence-corrected chi connectivity index (χ3v) is 4.00. The summed E-state index contributed by atoms with van der Waals surface area (Å²) in [5.74, 6) is -0.904. The van der Waals surface area contributed by atoms with Gasteiger partial charge in [0.1, 0.15) is 6.04 Å². The van der Waals surface area contributed by atoms with Gasteiger partial charge in [0.15, 0.2) is 0 Å². The van der Waals surface area contributed by atoms with Gasteiger partial charge in [-0.1, -0.05) is 23.2 Å². The second kappa shape index (κ2) is 6.53. The molecule has 0 bridgehead atoms. The Kier molecular flexibility index (Phi) is 5.57. The van der Waals surface area contributed by atoms with Crippen LogP contribution in [0.4, 0.5) is 0 Å². The van der Waals surface area contributed by atoms with Crippen molar-refractivity contribution >= 4 is 39.2 Å². The number of hydrogen-bond acceptors (Lipinski definition) is 5. The highest BCUT2D eigenvalue weighted by Gasteiger charge is 2.26. The lowest BCUT2D eigenvalue weighted by Crippen LogP contribution is -2.43. The first-order chi connectivity index (χ1) is 8.80. The first-order valence-electron chi connectivity index (χ1n) is 4.97. The second-order valence-electron chi connectivity index (χ2n) is 3.48. The highest BCUT2D eigenvalue weighted by molar-refractivity contribution is 7.89. The van der Waals surface area contributed by atoms with Crippen LogP contribution in [0.15, 0.2) is 23.1 Å². The van der Waals surface area contributed by atoms with Crippen molar-refractivity contribution in [2.75, 3.05) is 13.7 Å². The summed E-state index contributed by atoms with van der Waals surface area (Å²) >= 11 is 11.4. The van der Waals surface area contributed by atoms with Gasteiger partial charge >= 0.3 is 5.97 Å². The van der Waals surface area contributed by atoms with E-state index in [1.807, 2.05) is 4.72 Å². The zero-order valence-electron chi connectivity index (χ0n) is 9.76. The molecule has 1 rings (SSSR count). The lowest BCUT2D eigenvalue weighted by molar-refractivity contribution is -0.143. The number of hydrogen-bond donors (Lipinski definition) is 2. The van der Waals surface area contributed by atoms with E-state index in [0.29, 0.717) is 0 Å². The molecule has 0 saturated carbocycles. The molecular formula is C10H11Cl2NO5S. The number of ether oxygens (including phenoxy) is 1. The Labute approximate surface area is 120 Å². The topological polar surface area (TPSA) is 92.7 Å². The molecule has 0 aliphatic heterocycles. The Morgan fingerprint density at radius 1 is 1.37 bits per heavy atom. The van der Waals surface area contributed by atoms with Crippen LogP contribution in [0.3, 0.4) is 0 Å². The molecule has 6 nitrogen and oxygen atoms in total. The Balaban J connectivity index is 3.07. The Bertz CT molecular complexity index is 555. The molecule has 0 amide bonds. The Morgan fingerprint density at radius 3 is 2.32 bits per heavy atom. The fourth-order valence-corrected chi connectivity index (χ4v) is 3.14. The number of aliphatic hydroxyl groups is 1. The average molecular weight is 328 g/mol. The lowest BCUT2D eigenvalue weighted by atomic mass is 10.3. The average Bonchev–Trinajstić information content (AvgIpc) is 2.34. The van der Waals surface area contributed by atoms with E-state index < -0.39 is 28.6 Å². The molecule has 0 heterocycles. The van der Waals surface area contributed by atoms with Crippen LogP contribution >= 0.6 is 23.2 Å². The molecule has 0 spiro atoms. The molecular weight excluding hydrogens is 317 g/mol. The summed E-state index contributed by atoms with van der Waals surface area (Å²) in [6, 6.07) is 2.31. The number of sulfonamides is 1. The van der Waals surface area contributed by atoms with Crippen molar-refractivity contribution < 1.29 is 23.1 Å². The predicted molar refractivity (Wildman–Crippen MR) is 69.7 cm³/mol.